The summed E-state index contributed by atoms with van der Waals surface area (Å²) in [6.07, 6.45) is 2.36. The zero-order chi connectivity index (χ0) is 8.77. The van der Waals surface area contributed by atoms with E-state index in [1.165, 1.54) is 0 Å². The Hall–Kier alpha value is -1.06. The summed E-state index contributed by atoms with van der Waals surface area (Å²) >= 11 is 0. The van der Waals surface area contributed by atoms with E-state index in [4.69, 9.17) is 5.73 Å². The lowest BCUT2D eigenvalue weighted by Crippen LogP contribution is -2.49. The van der Waals surface area contributed by atoms with Crippen LogP contribution in [0.3, 0.4) is 0 Å². The van der Waals surface area contributed by atoms with Crippen molar-refractivity contribution in [2.75, 3.05) is 13.1 Å². The van der Waals surface area contributed by atoms with E-state index < -0.39 is 11.3 Å². The van der Waals surface area contributed by atoms with Crippen LogP contribution in [0.5, 0.6) is 0 Å². The molecule has 0 aromatic heterocycles. The first-order valence-electron chi connectivity index (χ1n) is 4.26. The molecule has 0 atom stereocenters. The van der Waals surface area contributed by atoms with Crippen LogP contribution in [0, 0.1) is 5.41 Å². The second-order valence-corrected chi connectivity index (χ2v) is 3.59. The van der Waals surface area contributed by atoms with E-state index in [1.807, 2.05) is 0 Å². The molecule has 0 unspecified atom stereocenters. The maximum absolute atomic E-state index is 11.6. The van der Waals surface area contributed by atoms with Gasteiger partial charge in [-0.1, -0.05) is 0 Å². The molecule has 66 valence electrons. The zero-order valence-corrected chi connectivity index (χ0v) is 6.88. The summed E-state index contributed by atoms with van der Waals surface area (Å²) in [6.45, 7) is 1.60. The number of hydrogen-bond donors (Lipinski definition) is 1. The van der Waals surface area contributed by atoms with Crippen LogP contribution in [0.2, 0.25) is 0 Å². The molecule has 1 aliphatic carbocycles. The minimum atomic E-state index is -0.791. The van der Waals surface area contributed by atoms with Gasteiger partial charge in [0.25, 0.3) is 0 Å². The summed E-state index contributed by atoms with van der Waals surface area (Å²) in [4.78, 5) is 24.2. The maximum Gasteiger partial charge on any atom is 0.238 e. The first-order chi connectivity index (χ1) is 5.67. The van der Waals surface area contributed by atoms with Crippen LogP contribution in [0.4, 0.5) is 0 Å². The fourth-order valence-electron chi connectivity index (χ4n) is 1.51. The van der Waals surface area contributed by atoms with Crippen molar-refractivity contribution in [3.05, 3.63) is 0 Å². The molecule has 1 saturated heterocycles. The van der Waals surface area contributed by atoms with E-state index in [9.17, 15) is 9.59 Å². The highest BCUT2D eigenvalue weighted by Crippen LogP contribution is 2.47. The molecule has 4 nitrogen and oxygen atoms in total. The first-order valence-corrected chi connectivity index (χ1v) is 4.26. The summed E-state index contributed by atoms with van der Waals surface area (Å²) in [5, 5.41) is 0. The third kappa shape index (κ3) is 0.838. The van der Waals surface area contributed by atoms with Crippen LogP contribution in [0.25, 0.3) is 0 Å². The van der Waals surface area contributed by atoms with E-state index in [2.05, 4.69) is 0 Å². The Morgan fingerprint density at radius 2 is 1.83 bits per heavy atom. The largest absolute Gasteiger partial charge is 0.369 e. The minimum Gasteiger partial charge on any atom is -0.369 e. The Morgan fingerprint density at radius 1 is 1.25 bits per heavy atom. The minimum absolute atomic E-state index is 0.0405. The van der Waals surface area contributed by atoms with Gasteiger partial charge in [0.2, 0.25) is 11.8 Å². The molecule has 0 radical (unpaired) electrons. The van der Waals surface area contributed by atoms with E-state index >= 15 is 0 Å². The van der Waals surface area contributed by atoms with Crippen LogP contribution in [-0.2, 0) is 9.59 Å². The number of primary amides is 1. The van der Waals surface area contributed by atoms with Crippen LogP contribution in [-0.4, -0.2) is 29.8 Å². The van der Waals surface area contributed by atoms with Gasteiger partial charge in [-0.05, 0) is 19.3 Å². The van der Waals surface area contributed by atoms with Crippen molar-refractivity contribution in [2.45, 2.75) is 19.3 Å². The third-order valence-corrected chi connectivity index (χ3v) is 2.77. The van der Waals surface area contributed by atoms with Gasteiger partial charge in [0, 0.05) is 13.1 Å². The van der Waals surface area contributed by atoms with Gasteiger partial charge >= 0.3 is 0 Å². The Morgan fingerprint density at radius 3 is 2.08 bits per heavy atom. The van der Waals surface area contributed by atoms with Gasteiger partial charge < -0.3 is 10.6 Å². The van der Waals surface area contributed by atoms with Crippen LogP contribution in [0.1, 0.15) is 19.3 Å². The molecule has 1 saturated carbocycles. The van der Waals surface area contributed by atoms with Crippen LogP contribution < -0.4 is 5.73 Å². The molecule has 2 fully saturated rings. The first kappa shape index (κ1) is 7.58. The van der Waals surface area contributed by atoms with Crippen molar-refractivity contribution in [3.8, 4) is 0 Å². The van der Waals surface area contributed by atoms with Crippen LogP contribution >= 0.6 is 0 Å². The molecule has 2 N–H and O–H groups in total. The van der Waals surface area contributed by atoms with E-state index in [1.54, 1.807) is 4.90 Å². The average molecular weight is 168 g/mol. The van der Waals surface area contributed by atoms with Gasteiger partial charge in [-0.2, -0.15) is 0 Å². The number of carbonyl (C=O) groups excluding carboxylic acids is 2. The summed E-state index contributed by atoms with van der Waals surface area (Å²) in [5.41, 5.74) is 4.37. The molecular weight excluding hydrogens is 156 g/mol. The summed E-state index contributed by atoms with van der Waals surface area (Å²) in [7, 11) is 0. The van der Waals surface area contributed by atoms with E-state index in [0.717, 1.165) is 19.5 Å². The SMILES string of the molecule is NC(=O)C1(C(=O)N2CCC2)CC1. The number of rotatable bonds is 2. The lowest BCUT2D eigenvalue weighted by Gasteiger charge is -2.33. The number of carbonyl (C=O) groups is 2. The third-order valence-electron chi connectivity index (χ3n) is 2.77. The smallest absolute Gasteiger partial charge is 0.238 e. The van der Waals surface area contributed by atoms with Crippen molar-refractivity contribution in [1.29, 1.82) is 0 Å². The van der Waals surface area contributed by atoms with E-state index in [-0.39, 0.29) is 5.91 Å². The molecule has 2 amide bonds. The molecule has 2 aliphatic rings. The monoisotopic (exact) mass is 168 g/mol. The second-order valence-electron chi connectivity index (χ2n) is 3.59. The highest BCUT2D eigenvalue weighted by atomic mass is 16.2. The predicted molar refractivity (Wildman–Crippen MR) is 42.1 cm³/mol. The Labute approximate surface area is 70.7 Å². The van der Waals surface area contributed by atoms with Gasteiger partial charge in [0.05, 0.1) is 0 Å². The van der Waals surface area contributed by atoms with Gasteiger partial charge in [0.15, 0.2) is 0 Å². The average Bonchev–Trinajstić information content (AvgIpc) is 2.60. The summed E-state index contributed by atoms with van der Waals surface area (Å²) in [6, 6.07) is 0. The topological polar surface area (TPSA) is 63.4 Å². The highest BCUT2D eigenvalue weighted by Gasteiger charge is 2.57. The van der Waals surface area contributed by atoms with Gasteiger partial charge in [0.1, 0.15) is 5.41 Å². The van der Waals surface area contributed by atoms with Crippen molar-refractivity contribution < 1.29 is 9.59 Å². The number of likely N-dealkylation sites (tertiary alicyclic amines) is 1. The number of amides is 2. The van der Waals surface area contributed by atoms with Gasteiger partial charge in [-0.3, -0.25) is 9.59 Å². The summed E-state index contributed by atoms with van der Waals surface area (Å²) in [5.74, 6) is -0.486. The van der Waals surface area contributed by atoms with Crippen LogP contribution in [0.15, 0.2) is 0 Å². The normalized spacial score (nSPS) is 24.5. The standard InChI is InChI=1S/C8H12N2O2/c9-6(11)8(2-3-8)7(12)10-4-1-5-10/h1-5H2,(H2,9,11). The zero-order valence-electron chi connectivity index (χ0n) is 6.88. The molecule has 12 heavy (non-hydrogen) atoms. The molecule has 1 aliphatic heterocycles. The molecular formula is C8H12N2O2. The fourth-order valence-corrected chi connectivity index (χ4v) is 1.51. The Kier molecular flexibility index (Phi) is 1.40. The number of nitrogens with zero attached hydrogens (tertiary/aromatic N) is 1. The molecule has 0 bridgehead atoms. The van der Waals surface area contributed by atoms with Gasteiger partial charge in [-0.15, -0.1) is 0 Å². The number of nitrogens with two attached hydrogens (primary N) is 1. The number of hydrogen-bond acceptors (Lipinski definition) is 2. The van der Waals surface area contributed by atoms with Crippen molar-refractivity contribution in [2.24, 2.45) is 11.1 Å². The highest BCUT2D eigenvalue weighted by molar-refractivity contribution is 6.07. The molecule has 1 heterocycles. The molecule has 0 spiro atoms. The predicted octanol–water partition coefficient (Wildman–Crippen LogP) is -0.516. The molecule has 0 aromatic rings. The lowest BCUT2D eigenvalue weighted by atomic mass is 10.0. The lowest BCUT2D eigenvalue weighted by molar-refractivity contribution is -0.145. The Balaban J connectivity index is 2.07. The second kappa shape index (κ2) is 2.21. The quantitative estimate of drug-likeness (QED) is 0.564. The van der Waals surface area contributed by atoms with Crippen molar-refractivity contribution in [1.82, 2.24) is 4.90 Å². The molecule has 4 heteroatoms. The maximum atomic E-state index is 11.6. The Bertz CT molecular complexity index is 241. The van der Waals surface area contributed by atoms with Gasteiger partial charge in [-0.25, -0.2) is 0 Å². The fraction of sp³-hybridized carbons (Fsp3) is 0.750. The van der Waals surface area contributed by atoms with Crippen molar-refractivity contribution in [3.63, 3.8) is 0 Å². The molecule has 2 rings (SSSR count). The molecule has 0 aromatic carbocycles. The van der Waals surface area contributed by atoms with Crippen molar-refractivity contribution >= 4 is 11.8 Å². The van der Waals surface area contributed by atoms with E-state index in [0.29, 0.717) is 12.8 Å². The summed E-state index contributed by atoms with van der Waals surface area (Å²) < 4.78 is 0.